The number of fused-ring (bicyclic) bond motifs is 4. The van der Waals surface area contributed by atoms with Crippen LogP contribution in [0.5, 0.6) is 0 Å². The summed E-state index contributed by atoms with van der Waals surface area (Å²) in [6.07, 6.45) is 0. The molecule has 0 bridgehead atoms. The van der Waals surface area contributed by atoms with Gasteiger partial charge in [-0.1, -0.05) is 170 Å². The van der Waals surface area contributed by atoms with E-state index in [9.17, 15) is 0 Å². The molecule has 0 saturated heterocycles. The highest BCUT2D eigenvalue weighted by Crippen LogP contribution is 2.47. The Kier molecular flexibility index (Phi) is 6.25. The topological polar surface area (TPSA) is 0 Å². The smallest absolute Gasteiger partial charge is 0.00199 e. The Morgan fingerprint density at radius 2 is 0.783 bits per heavy atom. The number of hydrogen-bond donors (Lipinski definition) is 0. The summed E-state index contributed by atoms with van der Waals surface area (Å²) in [6.45, 7) is 0. The van der Waals surface area contributed by atoms with Crippen LogP contribution in [-0.2, 0) is 0 Å². The molecule has 0 aliphatic carbocycles. The Balaban J connectivity index is 1.43. The Morgan fingerprint density at radius 1 is 0.217 bits per heavy atom. The van der Waals surface area contributed by atoms with Gasteiger partial charge in [-0.3, -0.25) is 0 Å². The minimum atomic E-state index is 1.22. The Morgan fingerprint density at radius 3 is 1.61 bits per heavy atom. The van der Waals surface area contributed by atoms with Gasteiger partial charge in [-0.15, -0.1) is 0 Å². The lowest BCUT2D eigenvalue weighted by molar-refractivity contribution is 1.60. The van der Waals surface area contributed by atoms with Gasteiger partial charge >= 0.3 is 0 Å². The molecule has 0 heteroatoms. The molecule has 0 aliphatic rings. The second kappa shape index (κ2) is 10.9. The van der Waals surface area contributed by atoms with E-state index >= 15 is 0 Å². The number of rotatable bonds is 4. The SMILES string of the molecule is c1ccc(-c2ccccc2-c2c3ccccc3c(-c3ccc4ccccc4c3)c3ccc(-c4cccc5ccccc45)cc23)cc1. The molecule has 0 heterocycles. The largest absolute Gasteiger partial charge is 0.0622 e. The molecule has 0 nitrogen and oxygen atoms in total. The highest BCUT2D eigenvalue weighted by molar-refractivity contribution is 6.23. The summed E-state index contributed by atoms with van der Waals surface area (Å²) in [5, 5.41) is 10.1. The van der Waals surface area contributed by atoms with Crippen LogP contribution in [-0.4, -0.2) is 0 Å². The third kappa shape index (κ3) is 4.30. The predicted molar refractivity (Wildman–Crippen MR) is 198 cm³/mol. The molecule has 0 spiro atoms. The highest BCUT2D eigenvalue weighted by atomic mass is 14.2. The minimum Gasteiger partial charge on any atom is -0.0622 e. The molecule has 0 fully saturated rings. The number of hydrogen-bond acceptors (Lipinski definition) is 0. The molecule has 46 heavy (non-hydrogen) atoms. The van der Waals surface area contributed by atoms with E-state index in [1.165, 1.54) is 87.6 Å². The Labute approximate surface area is 268 Å². The summed E-state index contributed by atoms with van der Waals surface area (Å²) in [4.78, 5) is 0. The predicted octanol–water partition coefficient (Wildman–Crippen LogP) is 13.0. The minimum absolute atomic E-state index is 1.22. The van der Waals surface area contributed by atoms with Crippen LogP contribution in [0.1, 0.15) is 0 Å². The molecule has 0 saturated carbocycles. The van der Waals surface area contributed by atoms with Crippen LogP contribution in [0.2, 0.25) is 0 Å². The molecular formula is C46H30. The molecule has 9 aromatic rings. The molecule has 0 amide bonds. The van der Waals surface area contributed by atoms with Gasteiger partial charge in [-0.2, -0.15) is 0 Å². The third-order valence-electron chi connectivity index (χ3n) is 9.44. The van der Waals surface area contributed by atoms with Crippen molar-refractivity contribution in [1.29, 1.82) is 0 Å². The van der Waals surface area contributed by atoms with Gasteiger partial charge in [0.05, 0.1) is 0 Å². The van der Waals surface area contributed by atoms with Gasteiger partial charge in [0, 0.05) is 0 Å². The summed E-state index contributed by atoms with van der Waals surface area (Å²) in [7, 11) is 0. The Bertz CT molecular complexity index is 2570. The first-order valence-electron chi connectivity index (χ1n) is 15.9. The van der Waals surface area contributed by atoms with E-state index in [2.05, 4.69) is 182 Å². The van der Waals surface area contributed by atoms with E-state index in [0.717, 1.165) is 0 Å². The van der Waals surface area contributed by atoms with E-state index in [0.29, 0.717) is 0 Å². The van der Waals surface area contributed by atoms with Crippen molar-refractivity contribution in [1.82, 2.24) is 0 Å². The maximum Gasteiger partial charge on any atom is -0.00199 e. The maximum absolute atomic E-state index is 2.44. The van der Waals surface area contributed by atoms with E-state index in [-0.39, 0.29) is 0 Å². The van der Waals surface area contributed by atoms with Crippen molar-refractivity contribution in [2.45, 2.75) is 0 Å². The summed E-state index contributed by atoms with van der Waals surface area (Å²) < 4.78 is 0. The zero-order chi connectivity index (χ0) is 30.5. The summed E-state index contributed by atoms with van der Waals surface area (Å²) in [5.41, 5.74) is 9.97. The van der Waals surface area contributed by atoms with Crippen LogP contribution in [0.25, 0.3) is 87.6 Å². The van der Waals surface area contributed by atoms with E-state index in [4.69, 9.17) is 0 Å². The van der Waals surface area contributed by atoms with Gasteiger partial charge in [0.2, 0.25) is 0 Å². The quantitative estimate of drug-likeness (QED) is 0.181. The van der Waals surface area contributed by atoms with Crippen molar-refractivity contribution in [2.24, 2.45) is 0 Å². The molecule has 0 radical (unpaired) electrons. The monoisotopic (exact) mass is 582 g/mol. The van der Waals surface area contributed by atoms with Gasteiger partial charge in [0.15, 0.2) is 0 Å². The van der Waals surface area contributed by atoms with Gasteiger partial charge in [0.25, 0.3) is 0 Å². The number of benzene rings is 9. The maximum atomic E-state index is 2.44. The van der Waals surface area contributed by atoms with Crippen molar-refractivity contribution in [3.63, 3.8) is 0 Å². The average molecular weight is 583 g/mol. The third-order valence-corrected chi connectivity index (χ3v) is 9.44. The first kappa shape index (κ1) is 26.4. The van der Waals surface area contributed by atoms with E-state index in [1.807, 2.05) is 0 Å². The molecule has 0 atom stereocenters. The van der Waals surface area contributed by atoms with E-state index in [1.54, 1.807) is 0 Å². The highest BCUT2D eigenvalue weighted by Gasteiger charge is 2.20. The van der Waals surface area contributed by atoms with Crippen molar-refractivity contribution in [3.05, 3.63) is 182 Å². The van der Waals surface area contributed by atoms with Gasteiger partial charge in [-0.05, 0) is 99.7 Å². The molecule has 0 N–H and O–H groups in total. The first-order chi connectivity index (χ1) is 22.8. The lowest BCUT2D eigenvalue weighted by atomic mass is 9.82. The van der Waals surface area contributed by atoms with E-state index < -0.39 is 0 Å². The second-order valence-electron chi connectivity index (χ2n) is 12.1. The zero-order valence-electron chi connectivity index (χ0n) is 25.3. The van der Waals surface area contributed by atoms with Crippen molar-refractivity contribution in [3.8, 4) is 44.5 Å². The fraction of sp³-hybridized carbons (Fsp3) is 0. The van der Waals surface area contributed by atoms with Crippen LogP contribution >= 0.6 is 0 Å². The van der Waals surface area contributed by atoms with Crippen LogP contribution in [0, 0.1) is 0 Å². The first-order valence-corrected chi connectivity index (χ1v) is 15.9. The molecule has 214 valence electrons. The molecule has 9 aromatic carbocycles. The van der Waals surface area contributed by atoms with Crippen molar-refractivity contribution < 1.29 is 0 Å². The van der Waals surface area contributed by atoms with Crippen LogP contribution in [0.15, 0.2) is 182 Å². The molecule has 0 aromatic heterocycles. The normalized spacial score (nSPS) is 11.5. The zero-order valence-corrected chi connectivity index (χ0v) is 25.3. The molecule has 0 aliphatic heterocycles. The fourth-order valence-electron chi connectivity index (χ4n) is 7.34. The van der Waals surface area contributed by atoms with Gasteiger partial charge < -0.3 is 0 Å². The lowest BCUT2D eigenvalue weighted by Crippen LogP contribution is -1.93. The standard InChI is InChI=1S/C46H30/c1-2-14-32(15-3-1)38-20-8-9-21-40(38)46-42-23-11-10-22-41(42)45(36-26-25-31-13-4-5-17-34(31)29-36)43-28-27-35(30-44(43)46)39-24-12-18-33-16-6-7-19-37(33)39/h1-30H. The fourth-order valence-corrected chi connectivity index (χ4v) is 7.34. The van der Waals surface area contributed by atoms with Crippen molar-refractivity contribution >= 4 is 43.1 Å². The molecule has 0 unspecified atom stereocenters. The van der Waals surface area contributed by atoms with Crippen LogP contribution < -0.4 is 0 Å². The lowest BCUT2D eigenvalue weighted by Gasteiger charge is -2.21. The average Bonchev–Trinajstić information content (AvgIpc) is 3.13. The van der Waals surface area contributed by atoms with Crippen LogP contribution in [0.4, 0.5) is 0 Å². The second-order valence-corrected chi connectivity index (χ2v) is 12.1. The summed E-state index contributed by atoms with van der Waals surface area (Å²) in [6, 6.07) is 66.6. The molecular weight excluding hydrogens is 553 g/mol. The van der Waals surface area contributed by atoms with Gasteiger partial charge in [0.1, 0.15) is 0 Å². The summed E-state index contributed by atoms with van der Waals surface area (Å²) in [5.74, 6) is 0. The molecule has 9 rings (SSSR count). The summed E-state index contributed by atoms with van der Waals surface area (Å²) >= 11 is 0. The van der Waals surface area contributed by atoms with Crippen LogP contribution in [0.3, 0.4) is 0 Å². The van der Waals surface area contributed by atoms with Crippen molar-refractivity contribution in [2.75, 3.05) is 0 Å². The Hall–Kier alpha value is -5.98. The van der Waals surface area contributed by atoms with Gasteiger partial charge in [-0.25, -0.2) is 0 Å².